The summed E-state index contributed by atoms with van der Waals surface area (Å²) in [6.45, 7) is 3.00. The van der Waals surface area contributed by atoms with Gasteiger partial charge in [-0.25, -0.2) is 9.50 Å². The van der Waals surface area contributed by atoms with E-state index >= 15 is 0 Å². The molecule has 2 aromatic heterocycles. The Hall–Kier alpha value is -1.97. The van der Waals surface area contributed by atoms with Crippen LogP contribution in [0.1, 0.15) is 25.6 Å². The Kier molecular flexibility index (Phi) is 4.02. The third-order valence-electron chi connectivity index (χ3n) is 2.94. The molecule has 2 rings (SSSR count). The lowest BCUT2D eigenvalue weighted by atomic mass is 10.2. The van der Waals surface area contributed by atoms with E-state index in [1.807, 2.05) is 0 Å². The Balaban J connectivity index is 2.33. The van der Waals surface area contributed by atoms with Crippen molar-refractivity contribution in [2.45, 2.75) is 32.2 Å². The van der Waals surface area contributed by atoms with Crippen LogP contribution in [0, 0.1) is 0 Å². The first-order valence-corrected chi connectivity index (χ1v) is 6.15. The van der Waals surface area contributed by atoms with Crippen molar-refractivity contribution in [3.8, 4) is 0 Å². The van der Waals surface area contributed by atoms with Crippen molar-refractivity contribution >= 4 is 17.4 Å². The van der Waals surface area contributed by atoms with Gasteiger partial charge >= 0.3 is 0 Å². The van der Waals surface area contributed by atoms with Gasteiger partial charge in [0.05, 0.1) is 30.7 Å². The first-order valence-electron chi connectivity index (χ1n) is 6.15. The van der Waals surface area contributed by atoms with E-state index in [1.54, 1.807) is 20.0 Å². The van der Waals surface area contributed by atoms with Gasteiger partial charge < -0.3 is 26.4 Å². The van der Waals surface area contributed by atoms with Crippen LogP contribution in [0.25, 0.3) is 5.65 Å². The highest BCUT2D eigenvalue weighted by atomic mass is 16.5. The highest BCUT2D eigenvalue weighted by Crippen LogP contribution is 2.22. The summed E-state index contributed by atoms with van der Waals surface area (Å²) in [6, 6.07) is 0. The molecular formula is C11H18N6O3. The number of aromatic nitrogens is 4. The summed E-state index contributed by atoms with van der Waals surface area (Å²) >= 11 is 0. The lowest BCUT2D eigenvalue weighted by Gasteiger charge is -2.22. The van der Waals surface area contributed by atoms with Gasteiger partial charge in [-0.3, -0.25) is 0 Å². The largest absolute Gasteiger partial charge is 0.394 e. The second kappa shape index (κ2) is 5.57. The quantitative estimate of drug-likeness (QED) is 0.552. The number of hydrogen-bond acceptors (Lipinski definition) is 8. The fourth-order valence-corrected chi connectivity index (χ4v) is 1.86. The maximum absolute atomic E-state index is 9.49. The van der Waals surface area contributed by atoms with Crippen LogP contribution in [-0.4, -0.2) is 48.6 Å². The molecule has 2 aromatic rings. The predicted octanol–water partition coefficient (Wildman–Crippen LogP) is -0.892. The lowest BCUT2D eigenvalue weighted by Crippen LogP contribution is -2.31. The summed E-state index contributed by atoms with van der Waals surface area (Å²) in [7, 11) is 0. The minimum atomic E-state index is -0.800. The summed E-state index contributed by atoms with van der Waals surface area (Å²) < 4.78 is 7.03. The standard InChI is InChI=1S/C11H18N6O3/c1-5(19)8(4-18)20-6(2)7-3-14-10-9(12)15-11(13)16-17(7)10/h3,5-6,8,18-19H,4H2,1-2H3,(H4,12,13,15,16)/t5-,6+,8+/m0/s1. The number of hydrogen-bond donors (Lipinski definition) is 4. The third kappa shape index (κ3) is 2.64. The van der Waals surface area contributed by atoms with Crippen LogP contribution in [-0.2, 0) is 4.74 Å². The van der Waals surface area contributed by atoms with Crippen molar-refractivity contribution in [2.24, 2.45) is 0 Å². The van der Waals surface area contributed by atoms with E-state index in [0.717, 1.165) is 0 Å². The number of aliphatic hydroxyl groups excluding tert-OH is 2. The van der Waals surface area contributed by atoms with Crippen LogP contribution in [0.4, 0.5) is 11.8 Å². The molecule has 110 valence electrons. The molecule has 6 N–H and O–H groups in total. The highest BCUT2D eigenvalue weighted by Gasteiger charge is 2.22. The minimum absolute atomic E-state index is 0.0238. The van der Waals surface area contributed by atoms with Crippen LogP contribution in [0.15, 0.2) is 6.20 Å². The molecule has 0 aliphatic heterocycles. The second-order valence-electron chi connectivity index (χ2n) is 4.51. The maximum Gasteiger partial charge on any atom is 0.240 e. The molecular weight excluding hydrogens is 264 g/mol. The average Bonchev–Trinajstić information content (AvgIpc) is 2.79. The number of aliphatic hydroxyl groups is 2. The van der Waals surface area contributed by atoms with Gasteiger partial charge in [-0.2, -0.15) is 4.98 Å². The zero-order valence-electron chi connectivity index (χ0n) is 11.3. The van der Waals surface area contributed by atoms with Crippen molar-refractivity contribution in [1.82, 2.24) is 19.6 Å². The number of anilines is 2. The molecule has 0 saturated carbocycles. The topological polar surface area (TPSA) is 145 Å². The first-order chi connectivity index (χ1) is 9.43. The summed E-state index contributed by atoms with van der Waals surface area (Å²) in [5.41, 5.74) is 12.2. The first kappa shape index (κ1) is 14.4. The summed E-state index contributed by atoms with van der Waals surface area (Å²) in [5, 5.41) is 22.7. The van der Waals surface area contributed by atoms with Gasteiger partial charge in [0.25, 0.3) is 0 Å². The van der Waals surface area contributed by atoms with Gasteiger partial charge in [0, 0.05) is 0 Å². The van der Waals surface area contributed by atoms with Crippen molar-refractivity contribution in [2.75, 3.05) is 18.1 Å². The summed E-state index contributed by atoms with van der Waals surface area (Å²) in [4.78, 5) is 7.93. The Morgan fingerprint density at radius 2 is 2.10 bits per heavy atom. The maximum atomic E-state index is 9.49. The van der Waals surface area contributed by atoms with Crippen molar-refractivity contribution in [3.63, 3.8) is 0 Å². The molecule has 0 bridgehead atoms. The van der Waals surface area contributed by atoms with E-state index in [0.29, 0.717) is 11.3 Å². The molecule has 0 saturated heterocycles. The number of rotatable bonds is 5. The van der Waals surface area contributed by atoms with E-state index < -0.39 is 18.3 Å². The second-order valence-corrected chi connectivity index (χ2v) is 4.51. The van der Waals surface area contributed by atoms with E-state index in [9.17, 15) is 10.2 Å². The number of nitrogen functional groups attached to an aromatic ring is 2. The van der Waals surface area contributed by atoms with Gasteiger partial charge in [0.2, 0.25) is 5.95 Å². The van der Waals surface area contributed by atoms with E-state index in [-0.39, 0.29) is 18.4 Å². The Labute approximate surface area is 115 Å². The van der Waals surface area contributed by atoms with Gasteiger partial charge in [-0.1, -0.05) is 0 Å². The molecule has 9 heteroatoms. The molecule has 0 aliphatic carbocycles. The SMILES string of the molecule is C[C@H](O)[C@@H](CO)O[C@H](C)c1cnc2c(N)nc(N)nn12. The number of nitrogens with two attached hydrogens (primary N) is 2. The molecule has 3 atom stereocenters. The van der Waals surface area contributed by atoms with Crippen LogP contribution >= 0.6 is 0 Å². The monoisotopic (exact) mass is 282 g/mol. The number of nitrogens with zero attached hydrogens (tertiary/aromatic N) is 4. The van der Waals surface area contributed by atoms with Gasteiger partial charge in [-0.05, 0) is 13.8 Å². The normalized spacial score (nSPS) is 16.2. The fourth-order valence-electron chi connectivity index (χ4n) is 1.86. The Morgan fingerprint density at radius 1 is 1.40 bits per heavy atom. The van der Waals surface area contributed by atoms with E-state index in [2.05, 4.69) is 15.1 Å². The van der Waals surface area contributed by atoms with Crippen LogP contribution in [0.3, 0.4) is 0 Å². The highest BCUT2D eigenvalue weighted by molar-refractivity contribution is 5.60. The molecule has 9 nitrogen and oxygen atoms in total. The zero-order chi connectivity index (χ0) is 14.9. The van der Waals surface area contributed by atoms with Crippen molar-refractivity contribution in [3.05, 3.63) is 11.9 Å². The van der Waals surface area contributed by atoms with Crippen molar-refractivity contribution < 1.29 is 14.9 Å². The van der Waals surface area contributed by atoms with Crippen LogP contribution < -0.4 is 11.5 Å². The minimum Gasteiger partial charge on any atom is -0.394 e. The van der Waals surface area contributed by atoms with Gasteiger partial charge in [0.1, 0.15) is 6.10 Å². The third-order valence-corrected chi connectivity index (χ3v) is 2.94. The number of imidazole rings is 1. The molecule has 0 aromatic carbocycles. The molecule has 0 fully saturated rings. The lowest BCUT2D eigenvalue weighted by molar-refractivity contribution is -0.0896. The Morgan fingerprint density at radius 3 is 2.70 bits per heavy atom. The molecule has 0 unspecified atom stereocenters. The van der Waals surface area contributed by atoms with E-state index in [1.165, 1.54) is 4.52 Å². The number of fused-ring (bicyclic) bond motifs is 1. The van der Waals surface area contributed by atoms with Crippen molar-refractivity contribution in [1.29, 1.82) is 0 Å². The molecule has 0 spiro atoms. The molecule has 2 heterocycles. The van der Waals surface area contributed by atoms with Gasteiger partial charge in [0.15, 0.2) is 11.5 Å². The summed E-state index contributed by atoms with van der Waals surface area (Å²) in [6.07, 6.45) is -0.426. The molecule has 0 aliphatic rings. The Bertz CT molecular complexity index is 599. The van der Waals surface area contributed by atoms with Gasteiger partial charge in [-0.15, -0.1) is 5.10 Å². The summed E-state index contributed by atoms with van der Waals surface area (Å²) in [5.74, 6) is 0.195. The molecule has 0 amide bonds. The fraction of sp³-hybridized carbons (Fsp3) is 0.545. The molecule has 0 radical (unpaired) electrons. The predicted molar refractivity (Wildman–Crippen MR) is 71.7 cm³/mol. The molecule has 20 heavy (non-hydrogen) atoms. The van der Waals surface area contributed by atoms with E-state index in [4.69, 9.17) is 16.2 Å². The zero-order valence-corrected chi connectivity index (χ0v) is 11.3. The number of ether oxygens (including phenoxy) is 1. The van der Waals surface area contributed by atoms with Crippen LogP contribution in [0.5, 0.6) is 0 Å². The average molecular weight is 282 g/mol. The van der Waals surface area contributed by atoms with Crippen LogP contribution in [0.2, 0.25) is 0 Å². The smallest absolute Gasteiger partial charge is 0.240 e.